The van der Waals surface area contributed by atoms with E-state index in [-0.39, 0.29) is 11.9 Å². The summed E-state index contributed by atoms with van der Waals surface area (Å²) >= 11 is 7.22. The summed E-state index contributed by atoms with van der Waals surface area (Å²) in [4.78, 5) is 2.67. The Morgan fingerprint density at radius 2 is 2.20 bits per heavy atom. The molecule has 106 valence electrons. The minimum absolute atomic E-state index is 0.0758. The van der Waals surface area contributed by atoms with Gasteiger partial charge < -0.3 is 5.32 Å². The fourth-order valence-corrected chi connectivity index (χ4v) is 5.38. The Labute approximate surface area is 135 Å². The molecule has 1 aliphatic rings. The van der Waals surface area contributed by atoms with E-state index < -0.39 is 0 Å². The van der Waals surface area contributed by atoms with E-state index in [1.807, 2.05) is 36.2 Å². The summed E-state index contributed by atoms with van der Waals surface area (Å²) in [5, 5.41) is 3.25. The zero-order chi connectivity index (χ0) is 14.1. The van der Waals surface area contributed by atoms with Gasteiger partial charge in [-0.3, -0.25) is 0 Å². The zero-order valence-corrected chi connectivity index (χ0v) is 14.3. The molecule has 1 N–H and O–H groups in total. The fourth-order valence-electron chi connectivity index (χ4n) is 2.50. The highest BCUT2D eigenvalue weighted by molar-refractivity contribution is 9.10. The molecule has 3 rings (SSSR count). The van der Waals surface area contributed by atoms with Crippen molar-refractivity contribution in [2.24, 2.45) is 0 Å². The quantitative estimate of drug-likeness (QED) is 0.835. The summed E-state index contributed by atoms with van der Waals surface area (Å²) in [5.41, 5.74) is 2.13. The maximum atomic E-state index is 14.1. The molecular weight excluding hydrogens is 357 g/mol. The first-order chi connectivity index (χ1) is 9.69. The van der Waals surface area contributed by atoms with Gasteiger partial charge in [0, 0.05) is 25.5 Å². The van der Waals surface area contributed by atoms with Crippen LogP contribution in [-0.2, 0) is 12.2 Å². The SMILES string of the molecule is CNC(c1cc2c(s1)CCSC2)c1cc(Br)ccc1F. The lowest BCUT2D eigenvalue weighted by molar-refractivity contribution is 0.579. The van der Waals surface area contributed by atoms with Crippen LogP contribution in [0.3, 0.4) is 0 Å². The smallest absolute Gasteiger partial charge is 0.128 e. The molecular formula is C15H15BrFNS2. The van der Waals surface area contributed by atoms with Gasteiger partial charge in [-0.2, -0.15) is 11.8 Å². The minimum atomic E-state index is -0.159. The normalized spacial score (nSPS) is 15.9. The highest BCUT2D eigenvalue weighted by atomic mass is 79.9. The Hall–Kier alpha value is -0.360. The van der Waals surface area contributed by atoms with Crippen molar-refractivity contribution >= 4 is 39.0 Å². The number of fused-ring (bicyclic) bond motifs is 1. The number of aryl methyl sites for hydroxylation is 1. The van der Waals surface area contributed by atoms with Gasteiger partial charge in [0.25, 0.3) is 0 Å². The molecule has 0 spiro atoms. The van der Waals surface area contributed by atoms with Gasteiger partial charge in [0.05, 0.1) is 6.04 Å². The number of benzene rings is 1. The first kappa shape index (κ1) is 14.6. The van der Waals surface area contributed by atoms with Gasteiger partial charge >= 0.3 is 0 Å². The number of hydrogen-bond acceptors (Lipinski definition) is 3. The molecule has 0 fully saturated rings. The predicted octanol–water partition coefficient (Wildman–Crippen LogP) is 4.75. The van der Waals surface area contributed by atoms with Crippen molar-refractivity contribution < 1.29 is 4.39 Å². The average molecular weight is 372 g/mol. The maximum Gasteiger partial charge on any atom is 0.128 e. The first-order valence-electron chi connectivity index (χ1n) is 6.50. The second-order valence-electron chi connectivity index (χ2n) is 4.79. The average Bonchev–Trinajstić information content (AvgIpc) is 2.87. The van der Waals surface area contributed by atoms with Crippen LogP contribution in [0, 0.1) is 5.82 Å². The second-order valence-corrected chi connectivity index (χ2v) is 7.98. The molecule has 1 atom stereocenters. The molecule has 2 heterocycles. The van der Waals surface area contributed by atoms with Gasteiger partial charge in [-0.15, -0.1) is 11.3 Å². The van der Waals surface area contributed by atoms with E-state index in [0.717, 1.165) is 16.6 Å². The van der Waals surface area contributed by atoms with Crippen molar-refractivity contribution in [1.29, 1.82) is 0 Å². The topological polar surface area (TPSA) is 12.0 Å². The van der Waals surface area contributed by atoms with E-state index in [2.05, 4.69) is 27.3 Å². The van der Waals surface area contributed by atoms with Crippen molar-refractivity contribution in [3.63, 3.8) is 0 Å². The van der Waals surface area contributed by atoms with E-state index >= 15 is 0 Å². The molecule has 0 saturated heterocycles. The number of hydrogen-bond donors (Lipinski definition) is 1. The molecule has 2 aromatic rings. The molecule has 0 aliphatic carbocycles. The van der Waals surface area contributed by atoms with Crippen LogP contribution in [0.15, 0.2) is 28.7 Å². The summed E-state index contributed by atoms with van der Waals surface area (Å²) in [6, 6.07) is 7.29. The van der Waals surface area contributed by atoms with Gasteiger partial charge in [-0.1, -0.05) is 15.9 Å². The molecule has 0 amide bonds. The number of thioether (sulfide) groups is 1. The fraction of sp³-hybridized carbons (Fsp3) is 0.333. The highest BCUT2D eigenvalue weighted by Crippen LogP contribution is 2.37. The van der Waals surface area contributed by atoms with E-state index in [4.69, 9.17) is 0 Å². The van der Waals surface area contributed by atoms with E-state index in [1.54, 1.807) is 6.07 Å². The summed E-state index contributed by atoms with van der Waals surface area (Å²) in [6.45, 7) is 0. The third-order valence-electron chi connectivity index (χ3n) is 3.49. The molecule has 5 heteroatoms. The molecule has 1 nitrogen and oxygen atoms in total. The Morgan fingerprint density at radius 1 is 1.35 bits per heavy atom. The van der Waals surface area contributed by atoms with Crippen molar-refractivity contribution in [3.05, 3.63) is 55.4 Å². The van der Waals surface area contributed by atoms with Gasteiger partial charge in [-0.05, 0) is 49.1 Å². The zero-order valence-electron chi connectivity index (χ0n) is 11.1. The number of thiophene rings is 1. The van der Waals surface area contributed by atoms with E-state index in [9.17, 15) is 4.39 Å². The first-order valence-corrected chi connectivity index (χ1v) is 9.27. The Bertz CT molecular complexity index is 603. The maximum absolute atomic E-state index is 14.1. The summed E-state index contributed by atoms with van der Waals surface area (Å²) in [6.07, 6.45) is 1.14. The van der Waals surface area contributed by atoms with Crippen LogP contribution in [0.25, 0.3) is 0 Å². The van der Waals surface area contributed by atoms with Gasteiger partial charge in [0.15, 0.2) is 0 Å². The van der Waals surface area contributed by atoms with Crippen LogP contribution < -0.4 is 5.32 Å². The molecule has 20 heavy (non-hydrogen) atoms. The number of nitrogens with one attached hydrogen (secondary N) is 1. The Morgan fingerprint density at radius 3 is 2.95 bits per heavy atom. The van der Waals surface area contributed by atoms with Crippen LogP contribution >= 0.6 is 39.0 Å². The van der Waals surface area contributed by atoms with E-state index in [0.29, 0.717) is 5.56 Å². The molecule has 1 aromatic carbocycles. The van der Waals surface area contributed by atoms with Crippen LogP contribution in [0.5, 0.6) is 0 Å². The van der Waals surface area contributed by atoms with Gasteiger partial charge in [0.1, 0.15) is 5.82 Å². The Kier molecular flexibility index (Phi) is 4.50. The largest absolute Gasteiger partial charge is 0.309 e. The van der Waals surface area contributed by atoms with Gasteiger partial charge in [-0.25, -0.2) is 4.39 Å². The molecule has 0 radical (unpaired) electrons. The Balaban J connectivity index is 2.01. The van der Waals surface area contributed by atoms with Crippen molar-refractivity contribution in [2.45, 2.75) is 18.2 Å². The van der Waals surface area contributed by atoms with Crippen LogP contribution in [0.1, 0.15) is 26.9 Å². The summed E-state index contributed by atoms with van der Waals surface area (Å²) in [5.74, 6) is 2.12. The lowest BCUT2D eigenvalue weighted by Crippen LogP contribution is -2.17. The third-order valence-corrected chi connectivity index (χ3v) is 6.29. The summed E-state index contributed by atoms with van der Waals surface area (Å²) < 4.78 is 15.0. The monoisotopic (exact) mass is 371 g/mol. The van der Waals surface area contributed by atoms with Crippen molar-refractivity contribution in [3.8, 4) is 0 Å². The van der Waals surface area contributed by atoms with Crippen LogP contribution in [-0.4, -0.2) is 12.8 Å². The minimum Gasteiger partial charge on any atom is -0.309 e. The molecule has 1 aliphatic heterocycles. The van der Waals surface area contributed by atoms with Gasteiger partial charge in [0.2, 0.25) is 0 Å². The molecule has 1 aromatic heterocycles. The third kappa shape index (κ3) is 2.82. The van der Waals surface area contributed by atoms with E-state index in [1.165, 1.54) is 27.1 Å². The number of halogens is 2. The van der Waals surface area contributed by atoms with Crippen molar-refractivity contribution in [2.75, 3.05) is 12.8 Å². The molecule has 0 bridgehead atoms. The standard InChI is InChI=1S/C15H15BrFNS2/c1-18-15(11-7-10(16)2-3-12(11)17)14-6-9-8-19-5-4-13(9)20-14/h2-3,6-7,15,18H,4-5,8H2,1H3. The second kappa shape index (κ2) is 6.18. The summed E-state index contributed by atoms with van der Waals surface area (Å²) in [7, 11) is 1.89. The van der Waals surface area contributed by atoms with Crippen LogP contribution in [0.4, 0.5) is 4.39 Å². The predicted molar refractivity (Wildman–Crippen MR) is 89.2 cm³/mol. The molecule has 0 saturated carbocycles. The lowest BCUT2D eigenvalue weighted by Gasteiger charge is -2.16. The highest BCUT2D eigenvalue weighted by Gasteiger charge is 2.22. The van der Waals surface area contributed by atoms with Crippen LogP contribution in [0.2, 0.25) is 0 Å². The number of rotatable bonds is 3. The lowest BCUT2D eigenvalue weighted by atomic mass is 10.0. The van der Waals surface area contributed by atoms with Crippen molar-refractivity contribution in [1.82, 2.24) is 5.32 Å². The molecule has 1 unspecified atom stereocenters.